The van der Waals surface area contributed by atoms with Crippen LogP contribution in [0.2, 0.25) is 5.02 Å². The molecule has 0 saturated carbocycles. The number of nitrogens with two attached hydrogens (primary N) is 1. The number of hydrogen-bond donors (Lipinski definition) is 2. The molecule has 0 aliphatic rings. The summed E-state index contributed by atoms with van der Waals surface area (Å²) in [6.45, 7) is 2.49. The predicted molar refractivity (Wildman–Crippen MR) is 124 cm³/mol. The first-order chi connectivity index (χ1) is 14.9. The van der Waals surface area contributed by atoms with Gasteiger partial charge in [0.05, 0.1) is 11.5 Å². The van der Waals surface area contributed by atoms with Crippen molar-refractivity contribution >= 4 is 40.4 Å². The maximum absolute atomic E-state index is 13.4. The van der Waals surface area contributed by atoms with Crippen molar-refractivity contribution in [2.24, 2.45) is 0 Å². The molecule has 164 valence electrons. The molecule has 10 heteroatoms. The lowest BCUT2D eigenvalue weighted by molar-refractivity contribution is 0.0979. The molecular weight excluding hydrogens is 440 g/mol. The van der Waals surface area contributed by atoms with E-state index in [0.29, 0.717) is 22.9 Å². The number of hydrogen-bond acceptors (Lipinski definition) is 6. The summed E-state index contributed by atoms with van der Waals surface area (Å²) >= 11 is 7.24. The summed E-state index contributed by atoms with van der Waals surface area (Å²) in [7, 11) is 1.50. The van der Waals surface area contributed by atoms with Gasteiger partial charge in [-0.2, -0.15) is 0 Å². The lowest BCUT2D eigenvalue weighted by Gasteiger charge is -2.23. The standard InChI is InChI=1S/C21H23ClN4O4S/c1-3-10-26-18(23)17(19(27)24-21(26)29)25(11-12-30-2)20(28)16-9-8-15(31-16)13-4-6-14(22)7-5-13/h4-9H,3,10-12,23H2,1-2H3,(H,24,27,29). The summed E-state index contributed by atoms with van der Waals surface area (Å²) in [5, 5.41) is 0.624. The van der Waals surface area contributed by atoms with Gasteiger partial charge in [0.15, 0.2) is 5.69 Å². The molecule has 0 aliphatic carbocycles. The van der Waals surface area contributed by atoms with E-state index in [0.717, 1.165) is 10.4 Å². The number of carbonyl (C=O) groups excluding carboxylic acids is 1. The van der Waals surface area contributed by atoms with Gasteiger partial charge in [-0.1, -0.05) is 30.7 Å². The topological polar surface area (TPSA) is 110 Å². The van der Waals surface area contributed by atoms with Crippen LogP contribution in [0.4, 0.5) is 11.5 Å². The van der Waals surface area contributed by atoms with Gasteiger partial charge in [-0.3, -0.25) is 24.0 Å². The Morgan fingerprint density at radius 2 is 1.94 bits per heavy atom. The zero-order chi connectivity index (χ0) is 22.5. The summed E-state index contributed by atoms with van der Waals surface area (Å²) in [5.41, 5.74) is 5.71. The van der Waals surface area contributed by atoms with Crippen molar-refractivity contribution in [1.29, 1.82) is 0 Å². The van der Waals surface area contributed by atoms with E-state index in [9.17, 15) is 14.4 Å². The third-order valence-electron chi connectivity index (χ3n) is 4.64. The molecule has 3 N–H and O–H groups in total. The number of benzene rings is 1. The minimum atomic E-state index is -0.714. The molecule has 8 nitrogen and oxygen atoms in total. The highest BCUT2D eigenvalue weighted by atomic mass is 35.5. The lowest BCUT2D eigenvalue weighted by Crippen LogP contribution is -2.42. The molecule has 0 atom stereocenters. The third-order valence-corrected chi connectivity index (χ3v) is 6.02. The van der Waals surface area contributed by atoms with Crippen molar-refractivity contribution in [1.82, 2.24) is 9.55 Å². The molecule has 0 fully saturated rings. The van der Waals surface area contributed by atoms with Crippen molar-refractivity contribution in [2.45, 2.75) is 19.9 Å². The Balaban J connectivity index is 2.03. The molecule has 0 bridgehead atoms. The number of halogens is 1. The van der Waals surface area contributed by atoms with Crippen LogP contribution in [0.3, 0.4) is 0 Å². The van der Waals surface area contributed by atoms with Crippen LogP contribution in [0.25, 0.3) is 10.4 Å². The second-order valence-electron chi connectivity index (χ2n) is 6.77. The second-order valence-corrected chi connectivity index (χ2v) is 8.29. The highest BCUT2D eigenvalue weighted by molar-refractivity contribution is 7.17. The van der Waals surface area contributed by atoms with Gasteiger partial charge in [0.25, 0.3) is 11.5 Å². The number of ether oxygens (including phenoxy) is 1. The second kappa shape index (κ2) is 9.95. The number of amides is 1. The molecule has 31 heavy (non-hydrogen) atoms. The number of nitrogens with one attached hydrogen (secondary N) is 1. The summed E-state index contributed by atoms with van der Waals surface area (Å²) < 4.78 is 6.38. The number of anilines is 2. The maximum atomic E-state index is 13.4. The molecule has 2 heterocycles. The fourth-order valence-electron chi connectivity index (χ4n) is 3.14. The van der Waals surface area contributed by atoms with Crippen molar-refractivity contribution in [2.75, 3.05) is 30.9 Å². The minimum absolute atomic E-state index is 0.0467. The van der Waals surface area contributed by atoms with E-state index in [1.54, 1.807) is 18.2 Å². The summed E-state index contributed by atoms with van der Waals surface area (Å²) in [6, 6.07) is 10.8. The Labute approximate surface area is 187 Å². The molecule has 3 rings (SSSR count). The number of aromatic amines is 1. The monoisotopic (exact) mass is 462 g/mol. The van der Waals surface area contributed by atoms with Gasteiger partial charge >= 0.3 is 5.69 Å². The first-order valence-electron chi connectivity index (χ1n) is 9.66. The largest absolute Gasteiger partial charge is 0.383 e. The number of thiophene rings is 1. The van der Waals surface area contributed by atoms with Gasteiger partial charge in [-0.25, -0.2) is 4.79 Å². The molecule has 3 aromatic rings. The normalized spacial score (nSPS) is 10.9. The molecule has 0 saturated heterocycles. The average molecular weight is 463 g/mol. The smallest absolute Gasteiger partial charge is 0.330 e. The van der Waals surface area contributed by atoms with Crippen molar-refractivity contribution < 1.29 is 9.53 Å². The van der Waals surface area contributed by atoms with Gasteiger partial charge in [-0.05, 0) is 36.2 Å². The van der Waals surface area contributed by atoms with E-state index >= 15 is 0 Å². The number of nitrogen functional groups attached to an aromatic ring is 1. The van der Waals surface area contributed by atoms with E-state index < -0.39 is 17.2 Å². The molecular formula is C21H23ClN4O4S. The van der Waals surface area contributed by atoms with Gasteiger partial charge in [0, 0.05) is 30.1 Å². The Kier molecular flexibility index (Phi) is 7.32. The van der Waals surface area contributed by atoms with Crippen LogP contribution in [0.1, 0.15) is 23.0 Å². The molecule has 1 aromatic carbocycles. The Hall–Kier alpha value is -2.88. The fourth-order valence-corrected chi connectivity index (χ4v) is 4.22. The molecule has 0 radical (unpaired) electrons. The highest BCUT2D eigenvalue weighted by Crippen LogP contribution is 2.31. The molecule has 0 unspecified atom stereocenters. The Morgan fingerprint density at radius 1 is 1.23 bits per heavy atom. The molecule has 2 aromatic heterocycles. The van der Waals surface area contributed by atoms with Gasteiger partial charge in [0.1, 0.15) is 5.82 Å². The van der Waals surface area contributed by atoms with E-state index in [1.807, 2.05) is 25.1 Å². The number of aromatic nitrogens is 2. The third kappa shape index (κ3) is 4.90. The quantitative estimate of drug-likeness (QED) is 0.534. The van der Waals surface area contributed by atoms with Crippen LogP contribution >= 0.6 is 22.9 Å². The first-order valence-corrected chi connectivity index (χ1v) is 10.9. The predicted octanol–water partition coefficient (Wildman–Crippen LogP) is 3.20. The van der Waals surface area contributed by atoms with E-state index in [4.69, 9.17) is 22.1 Å². The van der Waals surface area contributed by atoms with Crippen LogP contribution < -0.4 is 21.9 Å². The highest BCUT2D eigenvalue weighted by Gasteiger charge is 2.26. The molecule has 1 amide bonds. The number of carbonyl (C=O) groups is 1. The van der Waals surface area contributed by atoms with Gasteiger partial charge in [0.2, 0.25) is 0 Å². The summed E-state index contributed by atoms with van der Waals surface area (Å²) in [5.74, 6) is -0.448. The maximum Gasteiger partial charge on any atom is 0.330 e. The number of H-pyrrole nitrogens is 1. The van der Waals surface area contributed by atoms with Crippen molar-refractivity contribution in [3.63, 3.8) is 0 Å². The van der Waals surface area contributed by atoms with E-state index in [2.05, 4.69) is 4.98 Å². The van der Waals surface area contributed by atoms with E-state index in [-0.39, 0.29) is 24.7 Å². The first kappa shape index (κ1) is 22.8. The van der Waals surface area contributed by atoms with Crippen LogP contribution in [-0.4, -0.2) is 35.7 Å². The Bertz CT molecular complexity index is 1180. The average Bonchev–Trinajstić information content (AvgIpc) is 3.23. The van der Waals surface area contributed by atoms with Gasteiger partial charge < -0.3 is 10.5 Å². The summed E-state index contributed by atoms with van der Waals surface area (Å²) in [6.07, 6.45) is 0.636. The lowest BCUT2D eigenvalue weighted by atomic mass is 10.2. The van der Waals surface area contributed by atoms with Crippen LogP contribution in [0, 0.1) is 0 Å². The number of methoxy groups -OCH3 is 1. The SMILES string of the molecule is CCCn1c(N)c(N(CCOC)C(=O)c2ccc(-c3ccc(Cl)cc3)s2)c(=O)[nH]c1=O. The van der Waals surface area contributed by atoms with Crippen molar-refractivity contribution in [3.8, 4) is 10.4 Å². The number of nitrogens with zero attached hydrogens (tertiary/aromatic N) is 2. The van der Waals surface area contributed by atoms with E-state index in [1.165, 1.54) is 27.9 Å². The minimum Gasteiger partial charge on any atom is -0.383 e. The zero-order valence-electron chi connectivity index (χ0n) is 17.2. The molecule has 0 aliphatic heterocycles. The Morgan fingerprint density at radius 3 is 2.58 bits per heavy atom. The van der Waals surface area contributed by atoms with Crippen LogP contribution in [-0.2, 0) is 11.3 Å². The number of rotatable bonds is 8. The van der Waals surface area contributed by atoms with Crippen LogP contribution in [0.15, 0.2) is 46.0 Å². The van der Waals surface area contributed by atoms with Crippen LogP contribution in [0.5, 0.6) is 0 Å². The fraction of sp³-hybridized carbons (Fsp3) is 0.286. The molecule has 0 spiro atoms. The van der Waals surface area contributed by atoms with Gasteiger partial charge in [-0.15, -0.1) is 11.3 Å². The zero-order valence-corrected chi connectivity index (χ0v) is 18.8. The summed E-state index contributed by atoms with van der Waals surface area (Å²) in [4.78, 5) is 43.0. The van der Waals surface area contributed by atoms with Crippen molar-refractivity contribution in [3.05, 3.63) is 67.1 Å².